The average molecular weight is 577 g/mol. The summed E-state index contributed by atoms with van der Waals surface area (Å²) in [5.74, 6) is -2.72. The predicted molar refractivity (Wildman–Crippen MR) is 149 cm³/mol. The smallest absolute Gasteiger partial charge is 0.329 e. The largest absolute Gasteiger partial charge is 0.471 e. The quantitative estimate of drug-likeness (QED) is 0.235. The van der Waals surface area contributed by atoms with Crippen molar-refractivity contribution in [3.8, 4) is 45.6 Å². The number of halogens is 3. The molecule has 0 aliphatic carbocycles. The van der Waals surface area contributed by atoms with Gasteiger partial charge >= 0.3 is 12.1 Å². The number of aromatic nitrogens is 8. The molecule has 1 aromatic carbocycles. The fourth-order valence-corrected chi connectivity index (χ4v) is 5.80. The van der Waals surface area contributed by atoms with Crippen LogP contribution in [0.5, 0.6) is 0 Å². The summed E-state index contributed by atoms with van der Waals surface area (Å²) < 4.78 is 50.4. The summed E-state index contributed by atoms with van der Waals surface area (Å²) in [4.78, 5) is 17.3. The Labute approximate surface area is 241 Å². The normalized spacial score (nSPS) is 12.5. The first-order valence-corrected chi connectivity index (χ1v) is 13.2. The Hall–Kier alpha value is -5.78. The van der Waals surface area contributed by atoms with Crippen LogP contribution in [-0.2, 0) is 12.0 Å². The number of alkyl halides is 3. The number of hydrogen-bond acceptors (Lipinski definition) is 6. The van der Waals surface area contributed by atoms with Crippen LogP contribution in [0.4, 0.5) is 13.2 Å². The standard InChI is InChI=1S/C31H19F3N8O/c32-30(33,34)29-38-28(39-43-29)20-7-9-21(10-8-20)31(40-17-1-4-22-25(40)11-14-35-22,41-18-2-5-23-26(41)12-15-36-23)42-19-3-6-24-27(42)13-16-37-24/h1-19H. The van der Waals surface area contributed by atoms with Crippen molar-refractivity contribution in [2.24, 2.45) is 0 Å². The zero-order valence-electron chi connectivity index (χ0n) is 22.1. The first-order chi connectivity index (χ1) is 20.9. The van der Waals surface area contributed by atoms with Crippen LogP contribution in [-0.4, -0.2) is 38.8 Å². The van der Waals surface area contributed by atoms with E-state index in [1.807, 2.05) is 85.3 Å². The molecule has 12 heteroatoms. The molecule has 0 bridgehead atoms. The van der Waals surface area contributed by atoms with Crippen LogP contribution < -0.4 is 0 Å². The monoisotopic (exact) mass is 576 g/mol. The maximum absolute atomic E-state index is 13.2. The topological polar surface area (TPSA) is 92.4 Å². The van der Waals surface area contributed by atoms with Crippen LogP contribution in [0.3, 0.4) is 0 Å². The van der Waals surface area contributed by atoms with Crippen LogP contribution in [0.25, 0.3) is 45.6 Å². The van der Waals surface area contributed by atoms with Crippen LogP contribution in [0.15, 0.2) is 121 Å². The molecule has 0 radical (unpaired) electrons. The Morgan fingerprint density at radius 1 is 0.581 bits per heavy atom. The van der Waals surface area contributed by atoms with Gasteiger partial charge in [0.05, 0.1) is 34.2 Å². The lowest BCUT2D eigenvalue weighted by Crippen LogP contribution is -2.50. The van der Waals surface area contributed by atoms with E-state index in [0.717, 1.165) is 39.7 Å². The first-order valence-electron chi connectivity index (χ1n) is 13.2. The zero-order chi connectivity index (χ0) is 29.2. The van der Waals surface area contributed by atoms with Gasteiger partial charge in [-0.1, -0.05) is 29.4 Å². The molecule has 9 nitrogen and oxygen atoms in total. The maximum Gasteiger partial charge on any atom is 0.471 e. The fraction of sp³-hybridized carbons (Fsp3) is 0.0645. The van der Waals surface area contributed by atoms with Gasteiger partial charge < -0.3 is 18.2 Å². The highest BCUT2D eigenvalue weighted by atomic mass is 19.4. The van der Waals surface area contributed by atoms with E-state index in [4.69, 9.17) is 0 Å². The zero-order valence-corrected chi connectivity index (χ0v) is 22.1. The van der Waals surface area contributed by atoms with Crippen molar-refractivity contribution in [2.45, 2.75) is 12.0 Å². The van der Waals surface area contributed by atoms with E-state index in [2.05, 4.69) is 43.3 Å². The second kappa shape index (κ2) is 9.11. The minimum atomic E-state index is -4.74. The Balaban J connectivity index is 1.46. The summed E-state index contributed by atoms with van der Waals surface area (Å²) in [6.07, 6.45) is 6.48. The van der Waals surface area contributed by atoms with Gasteiger partial charge in [0.2, 0.25) is 11.6 Å². The molecule has 0 saturated heterocycles. The van der Waals surface area contributed by atoms with E-state index in [9.17, 15) is 13.2 Å². The fourth-order valence-electron chi connectivity index (χ4n) is 5.80. The van der Waals surface area contributed by atoms with E-state index >= 15 is 0 Å². The molecular weight excluding hydrogens is 557 g/mol. The number of rotatable bonds is 5. The molecule has 0 unspecified atom stereocenters. The molecule has 0 saturated carbocycles. The lowest BCUT2D eigenvalue weighted by molar-refractivity contribution is -0.159. The van der Waals surface area contributed by atoms with Crippen molar-refractivity contribution in [2.75, 3.05) is 0 Å². The highest BCUT2D eigenvalue weighted by Crippen LogP contribution is 2.42. The molecule has 43 heavy (non-hydrogen) atoms. The third-order valence-electron chi connectivity index (χ3n) is 7.58. The summed E-state index contributed by atoms with van der Waals surface area (Å²) in [5.41, 5.74) is 6.07. The molecule has 1 aromatic heterocycles. The van der Waals surface area contributed by atoms with Gasteiger partial charge in [0.1, 0.15) is 0 Å². The molecule has 0 spiro atoms. The number of pyridine rings is 3. The molecule has 2 aromatic rings. The van der Waals surface area contributed by atoms with Crippen molar-refractivity contribution < 1.29 is 17.7 Å². The van der Waals surface area contributed by atoms with Gasteiger partial charge in [-0.05, 0) is 54.6 Å². The van der Waals surface area contributed by atoms with Crippen molar-refractivity contribution in [3.63, 3.8) is 0 Å². The highest BCUT2D eigenvalue weighted by molar-refractivity contribution is 5.64. The lowest BCUT2D eigenvalue weighted by atomic mass is 10.00. The molecule has 7 heterocycles. The van der Waals surface area contributed by atoms with Gasteiger partial charge in [0.15, 0.2) is 0 Å². The molecule has 0 fully saturated rings. The maximum atomic E-state index is 13.2. The molecule has 0 N–H and O–H groups in total. The van der Waals surface area contributed by atoms with E-state index in [1.165, 1.54) is 0 Å². The molecule has 0 amide bonds. The van der Waals surface area contributed by atoms with E-state index in [1.54, 1.807) is 30.7 Å². The van der Waals surface area contributed by atoms with Crippen molar-refractivity contribution in [3.05, 3.63) is 127 Å². The average Bonchev–Trinajstić information content (AvgIpc) is 3.84. The Bertz CT molecular complexity index is 1940. The van der Waals surface area contributed by atoms with Gasteiger partial charge in [0.25, 0.3) is 0 Å². The third kappa shape index (κ3) is 3.69. The number of fused-ring (bicyclic) bond motifs is 3. The van der Waals surface area contributed by atoms with Crippen molar-refractivity contribution in [1.82, 2.24) is 38.8 Å². The van der Waals surface area contributed by atoms with Crippen LogP contribution in [0.1, 0.15) is 11.5 Å². The number of nitrogens with zero attached hydrogens (tertiary/aromatic N) is 8. The Kier molecular flexibility index (Phi) is 5.29. The van der Waals surface area contributed by atoms with Gasteiger partial charge in [0, 0.05) is 48.3 Å². The summed E-state index contributed by atoms with van der Waals surface area (Å²) in [5, 5.41) is 3.57. The number of hydrogen-bond donors (Lipinski definition) is 0. The van der Waals surface area contributed by atoms with E-state index in [0.29, 0.717) is 5.56 Å². The number of benzene rings is 1. The van der Waals surface area contributed by atoms with Crippen LogP contribution in [0, 0.1) is 0 Å². The molecule has 6 aliphatic heterocycles. The van der Waals surface area contributed by atoms with Gasteiger partial charge in [-0.25, -0.2) is 0 Å². The first kappa shape index (κ1) is 25.0. The SMILES string of the molecule is FC(F)(F)c1nc(-c2ccc(C(n3cccc4nccc3-4)(n3cccc4nccc3-4)n3cccc4nccc3-4)cc2)no1. The van der Waals surface area contributed by atoms with E-state index in [-0.39, 0.29) is 5.82 Å². The summed E-state index contributed by atoms with van der Waals surface area (Å²) in [6, 6.07) is 24.6. The van der Waals surface area contributed by atoms with Gasteiger partial charge in [-0.3, -0.25) is 15.0 Å². The molecule has 8 rings (SSSR count). The Morgan fingerprint density at radius 3 is 1.47 bits per heavy atom. The minimum Gasteiger partial charge on any atom is -0.329 e. The van der Waals surface area contributed by atoms with Crippen LogP contribution in [0.2, 0.25) is 0 Å². The van der Waals surface area contributed by atoms with Crippen molar-refractivity contribution >= 4 is 0 Å². The molecule has 6 aliphatic rings. The van der Waals surface area contributed by atoms with Gasteiger partial charge in [-0.15, -0.1) is 0 Å². The second-order valence-corrected chi connectivity index (χ2v) is 9.91. The highest BCUT2D eigenvalue weighted by Gasteiger charge is 2.43. The molecule has 0 atom stereocenters. The summed E-state index contributed by atoms with van der Waals surface area (Å²) in [7, 11) is 0. The Morgan fingerprint density at radius 2 is 1.05 bits per heavy atom. The third-order valence-corrected chi connectivity index (χ3v) is 7.58. The molecule has 210 valence electrons. The summed E-state index contributed by atoms with van der Waals surface area (Å²) in [6.45, 7) is 0. The van der Waals surface area contributed by atoms with E-state index < -0.39 is 17.9 Å². The minimum absolute atomic E-state index is 0.163. The second-order valence-electron chi connectivity index (χ2n) is 9.91. The predicted octanol–water partition coefficient (Wildman–Crippen LogP) is 6.41. The van der Waals surface area contributed by atoms with Crippen LogP contribution >= 0.6 is 0 Å². The summed E-state index contributed by atoms with van der Waals surface area (Å²) >= 11 is 0. The van der Waals surface area contributed by atoms with Crippen molar-refractivity contribution in [1.29, 1.82) is 0 Å². The molecular formula is C31H19F3N8O. The lowest BCUT2D eigenvalue weighted by Gasteiger charge is -2.44. The van der Waals surface area contributed by atoms with Gasteiger partial charge in [-0.2, -0.15) is 18.2 Å².